The molecule has 214 valence electrons. The van der Waals surface area contributed by atoms with Gasteiger partial charge in [0.2, 0.25) is 5.91 Å². The molecule has 41 heavy (non-hydrogen) atoms. The van der Waals surface area contributed by atoms with Crippen molar-refractivity contribution in [3.63, 3.8) is 0 Å². The number of sulfonamides is 2. The van der Waals surface area contributed by atoms with Crippen molar-refractivity contribution in [3.8, 4) is 11.5 Å². The van der Waals surface area contributed by atoms with Gasteiger partial charge in [-0.2, -0.15) is 0 Å². The third kappa shape index (κ3) is 7.28. The number of halogens is 1. The van der Waals surface area contributed by atoms with Crippen molar-refractivity contribution in [2.75, 3.05) is 35.1 Å². The molecule has 4 aromatic carbocycles. The van der Waals surface area contributed by atoms with Crippen molar-refractivity contribution in [3.05, 3.63) is 102 Å². The zero-order valence-corrected chi connectivity index (χ0v) is 24.3. The Morgan fingerprint density at radius 3 is 1.85 bits per heavy atom. The Kier molecular flexibility index (Phi) is 9.06. The number of carbonyl (C=O) groups excluding carboxylic acids is 1. The highest BCUT2D eigenvalue weighted by Crippen LogP contribution is 2.27. The lowest BCUT2D eigenvalue weighted by Crippen LogP contribution is -2.38. The molecule has 10 nitrogen and oxygen atoms in total. The van der Waals surface area contributed by atoms with Gasteiger partial charge in [0.25, 0.3) is 20.0 Å². The van der Waals surface area contributed by atoms with Crippen LogP contribution in [0.2, 0.25) is 5.02 Å². The summed E-state index contributed by atoms with van der Waals surface area (Å²) < 4.78 is 66.3. The summed E-state index contributed by atoms with van der Waals surface area (Å²) in [7, 11) is -5.11. The first kappa shape index (κ1) is 29.7. The van der Waals surface area contributed by atoms with E-state index < -0.39 is 32.5 Å². The molecule has 0 radical (unpaired) electrons. The zero-order valence-electron chi connectivity index (χ0n) is 21.9. The summed E-state index contributed by atoms with van der Waals surface area (Å²) in [6.07, 6.45) is 0. The normalized spacial score (nSPS) is 11.4. The topological polar surface area (TPSA) is 131 Å². The number of benzene rings is 4. The first-order valence-electron chi connectivity index (χ1n) is 12.0. The molecule has 2 N–H and O–H groups in total. The van der Waals surface area contributed by atoms with Crippen LogP contribution < -0.4 is 23.8 Å². The predicted molar refractivity (Wildman–Crippen MR) is 158 cm³/mol. The Morgan fingerprint density at radius 1 is 0.756 bits per heavy atom. The minimum atomic E-state index is -4.18. The predicted octanol–water partition coefficient (Wildman–Crippen LogP) is 4.99. The maximum absolute atomic E-state index is 13.6. The van der Waals surface area contributed by atoms with Crippen LogP contribution in [0.25, 0.3) is 0 Å². The first-order chi connectivity index (χ1) is 19.5. The van der Waals surface area contributed by atoms with E-state index >= 15 is 0 Å². The Bertz CT molecular complexity index is 1730. The fourth-order valence-electron chi connectivity index (χ4n) is 3.74. The molecule has 0 saturated heterocycles. The summed E-state index contributed by atoms with van der Waals surface area (Å²) >= 11 is 6.11. The lowest BCUT2D eigenvalue weighted by Gasteiger charge is -2.24. The van der Waals surface area contributed by atoms with E-state index in [9.17, 15) is 21.6 Å². The standard InChI is InChI=1S/C28H26ClN3O7S2/c1-38-24-10-6-22(7-11-24)31-40(34,35)26-14-8-21(9-15-26)30-28(33)19-32(23-5-3-4-20(29)18-23)41(36,37)27-16-12-25(39-2)13-17-27/h3-18,31H,19H2,1-2H3,(H,30,33). The highest BCUT2D eigenvalue weighted by molar-refractivity contribution is 7.93. The van der Waals surface area contributed by atoms with Crippen molar-refractivity contribution < 1.29 is 31.1 Å². The van der Waals surface area contributed by atoms with Gasteiger partial charge in [0.1, 0.15) is 18.0 Å². The molecule has 4 rings (SSSR count). The van der Waals surface area contributed by atoms with E-state index in [0.29, 0.717) is 17.2 Å². The van der Waals surface area contributed by atoms with Crippen LogP contribution in [0.5, 0.6) is 11.5 Å². The lowest BCUT2D eigenvalue weighted by molar-refractivity contribution is -0.114. The number of anilines is 3. The first-order valence-corrected chi connectivity index (χ1v) is 15.3. The third-order valence-electron chi connectivity index (χ3n) is 5.82. The number of ether oxygens (including phenoxy) is 2. The van der Waals surface area contributed by atoms with E-state index in [1.54, 1.807) is 36.4 Å². The monoisotopic (exact) mass is 615 g/mol. The summed E-state index contributed by atoms with van der Waals surface area (Å²) in [4.78, 5) is 12.9. The zero-order chi connectivity index (χ0) is 29.6. The lowest BCUT2D eigenvalue weighted by atomic mass is 10.3. The summed E-state index contributed by atoms with van der Waals surface area (Å²) in [6, 6.07) is 23.7. The molecule has 0 heterocycles. The van der Waals surface area contributed by atoms with E-state index in [2.05, 4.69) is 10.0 Å². The number of carbonyl (C=O) groups is 1. The van der Waals surface area contributed by atoms with Gasteiger partial charge in [-0.3, -0.25) is 13.8 Å². The van der Waals surface area contributed by atoms with E-state index in [0.717, 1.165) is 4.31 Å². The second-order valence-electron chi connectivity index (χ2n) is 8.57. The molecule has 0 fully saturated rings. The average Bonchev–Trinajstić information content (AvgIpc) is 2.96. The number of hydrogen-bond acceptors (Lipinski definition) is 7. The summed E-state index contributed by atoms with van der Waals surface area (Å²) in [5, 5.41) is 2.90. The van der Waals surface area contributed by atoms with E-state index in [4.69, 9.17) is 21.1 Å². The van der Waals surface area contributed by atoms with E-state index in [-0.39, 0.29) is 26.2 Å². The van der Waals surface area contributed by atoms with Gasteiger partial charge in [-0.15, -0.1) is 0 Å². The molecule has 0 atom stereocenters. The molecule has 0 saturated carbocycles. The van der Waals surface area contributed by atoms with Crippen molar-refractivity contribution in [1.29, 1.82) is 0 Å². The maximum Gasteiger partial charge on any atom is 0.264 e. The van der Waals surface area contributed by atoms with Crippen LogP contribution in [-0.2, 0) is 24.8 Å². The van der Waals surface area contributed by atoms with Gasteiger partial charge in [-0.1, -0.05) is 17.7 Å². The number of nitrogens with one attached hydrogen (secondary N) is 2. The van der Waals surface area contributed by atoms with Gasteiger partial charge in [-0.25, -0.2) is 16.8 Å². The van der Waals surface area contributed by atoms with Crippen LogP contribution in [0, 0.1) is 0 Å². The number of rotatable bonds is 11. The van der Waals surface area contributed by atoms with Gasteiger partial charge in [0, 0.05) is 16.4 Å². The van der Waals surface area contributed by atoms with Crippen molar-refractivity contribution in [2.45, 2.75) is 9.79 Å². The number of hydrogen-bond donors (Lipinski definition) is 2. The second kappa shape index (κ2) is 12.5. The minimum absolute atomic E-state index is 0.0334. The largest absolute Gasteiger partial charge is 0.497 e. The minimum Gasteiger partial charge on any atom is -0.497 e. The molecule has 1 amide bonds. The highest BCUT2D eigenvalue weighted by atomic mass is 35.5. The SMILES string of the molecule is COc1ccc(NS(=O)(=O)c2ccc(NC(=O)CN(c3cccc(Cl)c3)S(=O)(=O)c3ccc(OC)cc3)cc2)cc1. The molecular formula is C28H26ClN3O7S2. The number of amides is 1. The maximum atomic E-state index is 13.6. The molecule has 0 aliphatic carbocycles. The third-order valence-corrected chi connectivity index (χ3v) is 9.24. The van der Waals surface area contributed by atoms with Gasteiger partial charge in [0.15, 0.2) is 0 Å². The van der Waals surface area contributed by atoms with Crippen LogP contribution in [0.3, 0.4) is 0 Å². The number of nitrogens with zero attached hydrogens (tertiary/aromatic N) is 1. The molecule has 13 heteroatoms. The van der Waals surface area contributed by atoms with Crippen LogP contribution in [-0.4, -0.2) is 43.5 Å². The molecule has 0 aliphatic rings. The molecule has 0 unspecified atom stereocenters. The van der Waals surface area contributed by atoms with Gasteiger partial charge >= 0.3 is 0 Å². The Labute approximate surface area is 243 Å². The van der Waals surface area contributed by atoms with Crippen molar-refractivity contribution in [1.82, 2.24) is 0 Å². The second-order valence-corrected chi connectivity index (χ2v) is 12.6. The fraction of sp³-hybridized carbons (Fsp3) is 0.107. The van der Waals surface area contributed by atoms with Crippen LogP contribution in [0.1, 0.15) is 0 Å². The molecule has 0 bridgehead atoms. The van der Waals surface area contributed by atoms with Gasteiger partial charge in [-0.05, 0) is 91.0 Å². The smallest absolute Gasteiger partial charge is 0.264 e. The van der Waals surface area contributed by atoms with E-state index in [1.807, 2.05) is 0 Å². The quantitative estimate of drug-likeness (QED) is 0.243. The Balaban J connectivity index is 1.51. The summed E-state index contributed by atoms with van der Waals surface area (Å²) in [5.41, 5.74) is 0.808. The molecule has 4 aromatic rings. The highest BCUT2D eigenvalue weighted by Gasteiger charge is 2.27. The van der Waals surface area contributed by atoms with Gasteiger partial charge < -0.3 is 14.8 Å². The molecule has 0 aromatic heterocycles. The molecule has 0 aliphatic heterocycles. The van der Waals surface area contributed by atoms with Crippen molar-refractivity contribution >= 4 is 54.6 Å². The van der Waals surface area contributed by atoms with Crippen LogP contribution >= 0.6 is 11.6 Å². The number of methoxy groups -OCH3 is 2. The van der Waals surface area contributed by atoms with Gasteiger partial charge in [0.05, 0.1) is 29.7 Å². The summed E-state index contributed by atoms with van der Waals surface area (Å²) in [6.45, 7) is -0.576. The Morgan fingerprint density at radius 2 is 1.29 bits per heavy atom. The molecule has 0 spiro atoms. The van der Waals surface area contributed by atoms with E-state index in [1.165, 1.54) is 74.9 Å². The Hall–Kier alpha value is -4.26. The summed E-state index contributed by atoms with van der Waals surface area (Å²) in [5.74, 6) is 0.397. The average molecular weight is 616 g/mol. The van der Waals surface area contributed by atoms with Crippen LogP contribution in [0.4, 0.5) is 17.1 Å². The van der Waals surface area contributed by atoms with Crippen LogP contribution in [0.15, 0.2) is 107 Å². The fourth-order valence-corrected chi connectivity index (χ4v) is 6.40. The molecular weight excluding hydrogens is 590 g/mol. The van der Waals surface area contributed by atoms with Crippen molar-refractivity contribution in [2.24, 2.45) is 0 Å².